The standard InChI is InChI=1S/C22H24O4/c1-12-8-14(10-19(24)25)22(2)11-18(23)20-16-7-5-15(26-3)9-13(16)4-6-17(20)21(12)22/h4-7,9,14,18,21,23H,1,8,10-11H2,2-3H3,(H,24,25)/t14-,18+,21-,22+/m0/s1. The molecule has 1 fully saturated rings. The van der Waals surface area contributed by atoms with Crippen LogP contribution in [0.15, 0.2) is 42.5 Å². The summed E-state index contributed by atoms with van der Waals surface area (Å²) in [4.78, 5) is 11.3. The molecule has 0 spiro atoms. The minimum atomic E-state index is -0.782. The van der Waals surface area contributed by atoms with Gasteiger partial charge in [-0.3, -0.25) is 4.79 Å². The monoisotopic (exact) mass is 352 g/mol. The Kier molecular flexibility index (Phi) is 3.85. The van der Waals surface area contributed by atoms with Crippen LogP contribution in [0.25, 0.3) is 10.8 Å². The molecular formula is C22H24O4. The van der Waals surface area contributed by atoms with Gasteiger partial charge in [-0.15, -0.1) is 0 Å². The first-order valence-corrected chi connectivity index (χ1v) is 9.03. The maximum Gasteiger partial charge on any atom is 0.303 e. The van der Waals surface area contributed by atoms with Crippen molar-refractivity contribution in [2.45, 2.75) is 38.2 Å². The zero-order valence-electron chi connectivity index (χ0n) is 15.2. The molecular weight excluding hydrogens is 328 g/mol. The van der Waals surface area contributed by atoms with E-state index in [1.807, 2.05) is 18.2 Å². The number of aliphatic hydroxyl groups is 1. The number of fused-ring (bicyclic) bond motifs is 5. The van der Waals surface area contributed by atoms with Gasteiger partial charge in [-0.2, -0.15) is 0 Å². The first-order valence-electron chi connectivity index (χ1n) is 9.03. The Balaban J connectivity index is 1.88. The van der Waals surface area contributed by atoms with Gasteiger partial charge in [0.15, 0.2) is 0 Å². The van der Waals surface area contributed by atoms with Gasteiger partial charge in [-0.25, -0.2) is 0 Å². The van der Waals surface area contributed by atoms with E-state index in [1.165, 1.54) is 0 Å². The van der Waals surface area contributed by atoms with Crippen molar-refractivity contribution in [2.24, 2.45) is 11.3 Å². The largest absolute Gasteiger partial charge is 0.497 e. The van der Waals surface area contributed by atoms with Crippen molar-refractivity contribution >= 4 is 16.7 Å². The van der Waals surface area contributed by atoms with Crippen molar-refractivity contribution in [2.75, 3.05) is 7.11 Å². The predicted molar refractivity (Wildman–Crippen MR) is 100 cm³/mol. The molecule has 1 saturated carbocycles. The fourth-order valence-electron chi connectivity index (χ4n) is 5.36. The molecule has 0 heterocycles. The summed E-state index contributed by atoms with van der Waals surface area (Å²) >= 11 is 0. The lowest BCUT2D eigenvalue weighted by Gasteiger charge is -2.44. The number of ether oxygens (including phenoxy) is 1. The van der Waals surface area contributed by atoms with Crippen LogP contribution in [0, 0.1) is 11.3 Å². The lowest BCUT2D eigenvalue weighted by molar-refractivity contribution is -0.139. The summed E-state index contributed by atoms with van der Waals surface area (Å²) in [5.74, 6) is 0.110. The Hall–Kier alpha value is -2.33. The number of aliphatic hydroxyl groups excluding tert-OH is 1. The minimum Gasteiger partial charge on any atom is -0.497 e. The molecule has 2 aromatic rings. The zero-order chi connectivity index (χ0) is 18.6. The highest BCUT2D eigenvalue weighted by atomic mass is 16.5. The molecule has 2 aliphatic carbocycles. The number of rotatable bonds is 3. The first-order chi connectivity index (χ1) is 12.3. The van der Waals surface area contributed by atoms with Crippen LogP contribution in [-0.2, 0) is 4.79 Å². The molecule has 0 radical (unpaired) electrons. The molecule has 0 amide bonds. The Morgan fingerprint density at radius 2 is 2.12 bits per heavy atom. The third-order valence-corrected chi connectivity index (χ3v) is 6.51. The molecule has 0 aromatic heterocycles. The fourth-order valence-corrected chi connectivity index (χ4v) is 5.36. The average molecular weight is 352 g/mol. The van der Waals surface area contributed by atoms with Gasteiger partial charge >= 0.3 is 5.97 Å². The van der Waals surface area contributed by atoms with Crippen LogP contribution in [-0.4, -0.2) is 23.3 Å². The number of carboxylic acids is 1. The van der Waals surface area contributed by atoms with Crippen LogP contribution in [0.1, 0.15) is 49.3 Å². The molecule has 4 nitrogen and oxygen atoms in total. The van der Waals surface area contributed by atoms with Crippen LogP contribution in [0.5, 0.6) is 5.75 Å². The number of hydrogen-bond acceptors (Lipinski definition) is 3. The van der Waals surface area contributed by atoms with Crippen LogP contribution in [0.3, 0.4) is 0 Å². The van der Waals surface area contributed by atoms with Crippen molar-refractivity contribution in [1.82, 2.24) is 0 Å². The highest BCUT2D eigenvalue weighted by molar-refractivity contribution is 5.89. The van der Waals surface area contributed by atoms with E-state index >= 15 is 0 Å². The second-order valence-electron chi connectivity index (χ2n) is 7.97. The third kappa shape index (κ3) is 2.36. The Morgan fingerprint density at radius 1 is 1.35 bits per heavy atom. The summed E-state index contributed by atoms with van der Waals surface area (Å²) in [6.07, 6.45) is 0.789. The lowest BCUT2D eigenvalue weighted by atomic mass is 9.61. The smallest absolute Gasteiger partial charge is 0.303 e. The van der Waals surface area contributed by atoms with Crippen LogP contribution in [0.2, 0.25) is 0 Å². The number of carboxylic acid groups (broad SMARTS) is 1. The Labute approximate surface area is 153 Å². The molecule has 2 aromatic carbocycles. The van der Waals surface area contributed by atoms with Gasteiger partial charge in [0.1, 0.15) is 5.75 Å². The number of hydrogen-bond donors (Lipinski definition) is 2. The Morgan fingerprint density at radius 3 is 2.81 bits per heavy atom. The molecule has 136 valence electrons. The van der Waals surface area contributed by atoms with Crippen LogP contribution >= 0.6 is 0 Å². The van der Waals surface area contributed by atoms with Crippen molar-refractivity contribution in [3.05, 3.63) is 53.6 Å². The van der Waals surface area contributed by atoms with Gasteiger partial charge in [0.05, 0.1) is 13.2 Å². The van der Waals surface area contributed by atoms with E-state index in [2.05, 4.69) is 25.6 Å². The number of carbonyl (C=O) groups is 1. The van der Waals surface area contributed by atoms with Gasteiger partial charge in [0.25, 0.3) is 0 Å². The van der Waals surface area contributed by atoms with E-state index in [4.69, 9.17) is 4.74 Å². The van der Waals surface area contributed by atoms with E-state index in [1.54, 1.807) is 7.11 Å². The number of benzene rings is 2. The van der Waals surface area contributed by atoms with Gasteiger partial charge in [0, 0.05) is 12.3 Å². The lowest BCUT2D eigenvalue weighted by Crippen LogP contribution is -2.35. The highest BCUT2D eigenvalue weighted by Gasteiger charge is 2.54. The van der Waals surface area contributed by atoms with Crippen molar-refractivity contribution in [3.8, 4) is 5.75 Å². The van der Waals surface area contributed by atoms with Crippen molar-refractivity contribution in [3.63, 3.8) is 0 Å². The SMILES string of the molecule is C=C1C[C@@H](CC(=O)O)[C@@]2(C)C[C@@H](O)c3c(ccc4cc(OC)ccc34)[C@H]12. The van der Waals surface area contributed by atoms with Gasteiger partial charge in [0.2, 0.25) is 0 Å². The topological polar surface area (TPSA) is 66.8 Å². The van der Waals surface area contributed by atoms with Crippen LogP contribution in [0.4, 0.5) is 0 Å². The Bertz CT molecular complexity index is 916. The molecule has 2 N–H and O–H groups in total. The molecule has 26 heavy (non-hydrogen) atoms. The predicted octanol–water partition coefficient (Wildman–Crippen LogP) is 4.43. The second-order valence-corrected chi connectivity index (χ2v) is 7.97. The minimum absolute atomic E-state index is 0.00636. The maximum absolute atomic E-state index is 11.3. The quantitative estimate of drug-likeness (QED) is 0.802. The molecule has 2 aliphatic rings. The normalized spacial score (nSPS) is 30.1. The molecule has 4 atom stereocenters. The van der Waals surface area contributed by atoms with E-state index in [0.29, 0.717) is 12.8 Å². The average Bonchev–Trinajstić information content (AvgIpc) is 2.83. The molecule has 0 aliphatic heterocycles. The third-order valence-electron chi connectivity index (χ3n) is 6.51. The summed E-state index contributed by atoms with van der Waals surface area (Å²) in [5.41, 5.74) is 2.87. The van der Waals surface area contributed by atoms with Gasteiger partial charge < -0.3 is 14.9 Å². The first kappa shape index (κ1) is 17.1. The summed E-state index contributed by atoms with van der Waals surface area (Å²) in [6, 6.07) is 10.0. The second kappa shape index (κ2) is 5.85. The summed E-state index contributed by atoms with van der Waals surface area (Å²) in [7, 11) is 1.64. The van der Waals surface area contributed by atoms with E-state index in [-0.39, 0.29) is 23.7 Å². The highest BCUT2D eigenvalue weighted by Crippen LogP contribution is 2.64. The summed E-state index contributed by atoms with van der Waals surface area (Å²) in [6.45, 7) is 6.40. The zero-order valence-corrected chi connectivity index (χ0v) is 15.2. The van der Waals surface area contributed by atoms with Crippen molar-refractivity contribution in [1.29, 1.82) is 0 Å². The van der Waals surface area contributed by atoms with Gasteiger partial charge in [-0.05, 0) is 58.2 Å². The molecule has 0 saturated heterocycles. The van der Waals surface area contributed by atoms with Crippen LogP contribution < -0.4 is 4.74 Å². The molecule has 4 rings (SSSR count). The number of methoxy groups -OCH3 is 1. The summed E-state index contributed by atoms with van der Waals surface area (Å²) < 4.78 is 5.31. The summed E-state index contributed by atoms with van der Waals surface area (Å²) in [5, 5.41) is 22.4. The van der Waals surface area contributed by atoms with Gasteiger partial charge in [-0.1, -0.05) is 37.3 Å². The van der Waals surface area contributed by atoms with E-state index in [9.17, 15) is 15.0 Å². The van der Waals surface area contributed by atoms with E-state index in [0.717, 1.165) is 33.2 Å². The fraction of sp³-hybridized carbons (Fsp3) is 0.409. The maximum atomic E-state index is 11.3. The molecule has 0 bridgehead atoms. The van der Waals surface area contributed by atoms with E-state index < -0.39 is 12.1 Å². The number of aliphatic carboxylic acids is 1. The number of allylic oxidation sites excluding steroid dienone is 1. The molecule has 4 heteroatoms. The van der Waals surface area contributed by atoms with Crippen molar-refractivity contribution < 1.29 is 19.7 Å². The molecule has 0 unspecified atom stereocenters.